The van der Waals surface area contributed by atoms with Crippen LogP contribution < -0.4 is 5.32 Å². The van der Waals surface area contributed by atoms with Gasteiger partial charge in [-0.25, -0.2) is 0 Å². The molecular formula is C23H42N2O2. The van der Waals surface area contributed by atoms with Gasteiger partial charge >= 0.3 is 0 Å². The third-order valence-electron chi connectivity index (χ3n) is 5.40. The van der Waals surface area contributed by atoms with E-state index in [1.165, 1.54) is 51.4 Å². The summed E-state index contributed by atoms with van der Waals surface area (Å²) in [5.41, 5.74) is 0. The molecule has 0 saturated heterocycles. The number of ketones is 1. The lowest BCUT2D eigenvalue weighted by Crippen LogP contribution is -2.31. The highest BCUT2D eigenvalue weighted by atomic mass is 16.3. The van der Waals surface area contributed by atoms with Crippen LogP contribution in [0.1, 0.15) is 97.3 Å². The summed E-state index contributed by atoms with van der Waals surface area (Å²) in [5.74, 6) is 0.609. The standard InChI is InChI=1S/C23H42N2O2/c1-3-4-5-6-7-8-9-10-11-12-13-14-15-16-21(20(2)26)19-22(27)23-24-17-18-25-23/h10-11,20-21,26H,3-9,12-19H2,1-2H3,(H,24,25)/b11-10-. The van der Waals surface area contributed by atoms with E-state index in [9.17, 15) is 9.90 Å². The van der Waals surface area contributed by atoms with Crippen LogP contribution in [0.3, 0.4) is 0 Å². The van der Waals surface area contributed by atoms with Crippen LogP contribution in [0, 0.1) is 5.92 Å². The fourth-order valence-corrected chi connectivity index (χ4v) is 3.56. The molecule has 156 valence electrons. The number of amidine groups is 1. The van der Waals surface area contributed by atoms with Crippen LogP contribution in [0.5, 0.6) is 0 Å². The van der Waals surface area contributed by atoms with Crippen molar-refractivity contribution in [2.24, 2.45) is 10.9 Å². The average molecular weight is 379 g/mol. The number of nitrogens with zero attached hydrogens (tertiary/aromatic N) is 1. The summed E-state index contributed by atoms with van der Waals surface area (Å²) in [6.07, 6.45) is 19.5. The van der Waals surface area contributed by atoms with Crippen molar-refractivity contribution in [3.8, 4) is 0 Å². The second-order valence-corrected chi connectivity index (χ2v) is 7.95. The van der Waals surface area contributed by atoms with Gasteiger partial charge in [0.2, 0.25) is 0 Å². The number of aliphatic hydroxyl groups is 1. The molecule has 2 atom stereocenters. The molecule has 1 aliphatic heterocycles. The second-order valence-electron chi connectivity index (χ2n) is 7.95. The number of aliphatic imine (C=N–C) groups is 1. The maximum Gasteiger partial charge on any atom is 0.197 e. The summed E-state index contributed by atoms with van der Waals surface area (Å²) in [7, 11) is 0. The number of hydrogen-bond donors (Lipinski definition) is 2. The molecule has 0 saturated carbocycles. The van der Waals surface area contributed by atoms with Gasteiger partial charge in [-0.2, -0.15) is 0 Å². The first-order valence-electron chi connectivity index (χ1n) is 11.3. The van der Waals surface area contributed by atoms with E-state index in [0.29, 0.717) is 18.8 Å². The van der Waals surface area contributed by atoms with E-state index in [-0.39, 0.29) is 11.7 Å². The Balaban J connectivity index is 2.02. The van der Waals surface area contributed by atoms with E-state index in [4.69, 9.17) is 0 Å². The summed E-state index contributed by atoms with van der Waals surface area (Å²) in [6, 6.07) is 0. The number of carbonyl (C=O) groups excluding carboxylic acids is 1. The van der Waals surface area contributed by atoms with Crippen LogP contribution in [0.25, 0.3) is 0 Å². The Bertz CT molecular complexity index is 444. The van der Waals surface area contributed by atoms with Crippen LogP contribution in [-0.2, 0) is 4.79 Å². The predicted octanol–water partition coefficient (Wildman–Crippen LogP) is 5.20. The van der Waals surface area contributed by atoms with E-state index in [2.05, 4.69) is 29.4 Å². The lowest BCUT2D eigenvalue weighted by molar-refractivity contribution is -0.114. The minimum Gasteiger partial charge on any atom is -0.393 e. The molecule has 0 aromatic heterocycles. The molecule has 0 spiro atoms. The van der Waals surface area contributed by atoms with Crippen LogP contribution in [0.2, 0.25) is 0 Å². The molecule has 2 unspecified atom stereocenters. The lowest BCUT2D eigenvalue weighted by Gasteiger charge is -2.19. The van der Waals surface area contributed by atoms with Crippen molar-refractivity contribution < 1.29 is 9.90 Å². The molecule has 4 heteroatoms. The second kappa shape index (κ2) is 15.9. The number of carbonyl (C=O) groups is 1. The van der Waals surface area contributed by atoms with Crippen molar-refractivity contribution in [3.63, 3.8) is 0 Å². The van der Waals surface area contributed by atoms with Gasteiger partial charge in [-0.05, 0) is 44.9 Å². The molecule has 27 heavy (non-hydrogen) atoms. The molecule has 1 heterocycles. The van der Waals surface area contributed by atoms with Crippen molar-refractivity contribution in [1.29, 1.82) is 0 Å². The van der Waals surface area contributed by atoms with Gasteiger partial charge in [0.25, 0.3) is 0 Å². The SMILES string of the molecule is CCCCCCCC/C=C\CCCCCC(CC(=O)C1=NCCN1)C(C)O. The van der Waals surface area contributed by atoms with E-state index < -0.39 is 6.10 Å². The Morgan fingerprint density at radius 3 is 2.30 bits per heavy atom. The van der Waals surface area contributed by atoms with E-state index >= 15 is 0 Å². The van der Waals surface area contributed by atoms with Gasteiger partial charge in [0.15, 0.2) is 11.6 Å². The molecule has 0 amide bonds. The highest BCUT2D eigenvalue weighted by molar-refractivity contribution is 6.39. The van der Waals surface area contributed by atoms with Crippen LogP contribution in [-0.4, -0.2) is 35.9 Å². The van der Waals surface area contributed by atoms with Gasteiger partial charge in [-0.15, -0.1) is 0 Å². The quantitative estimate of drug-likeness (QED) is 0.270. The summed E-state index contributed by atoms with van der Waals surface area (Å²) in [5, 5.41) is 13.0. The minimum absolute atomic E-state index is 0.0471. The van der Waals surface area contributed by atoms with Crippen molar-refractivity contribution in [2.75, 3.05) is 13.1 Å². The Labute approximate surface area is 166 Å². The number of Topliss-reactive ketones (excluding diaryl/α,β-unsaturated/α-hetero) is 1. The van der Waals surface area contributed by atoms with Gasteiger partial charge in [0, 0.05) is 13.0 Å². The number of hydrogen-bond acceptors (Lipinski definition) is 4. The van der Waals surface area contributed by atoms with Gasteiger partial charge < -0.3 is 10.4 Å². The van der Waals surface area contributed by atoms with Gasteiger partial charge in [0.05, 0.1) is 12.6 Å². The predicted molar refractivity (Wildman–Crippen MR) is 115 cm³/mol. The lowest BCUT2D eigenvalue weighted by atomic mass is 9.91. The van der Waals surface area contributed by atoms with Crippen LogP contribution in [0.4, 0.5) is 0 Å². The number of rotatable bonds is 17. The minimum atomic E-state index is -0.437. The normalized spacial score (nSPS) is 16.3. The molecule has 0 fully saturated rings. The van der Waals surface area contributed by atoms with E-state index in [1.54, 1.807) is 6.92 Å². The topological polar surface area (TPSA) is 61.7 Å². The highest BCUT2D eigenvalue weighted by Gasteiger charge is 2.22. The maximum absolute atomic E-state index is 12.2. The molecule has 0 aliphatic carbocycles. The maximum atomic E-state index is 12.2. The third kappa shape index (κ3) is 12.0. The van der Waals surface area contributed by atoms with Gasteiger partial charge in [0.1, 0.15) is 0 Å². The fraction of sp³-hybridized carbons (Fsp3) is 0.826. The summed E-state index contributed by atoms with van der Waals surface area (Å²) in [6.45, 7) is 5.50. The van der Waals surface area contributed by atoms with Crippen molar-refractivity contribution in [1.82, 2.24) is 5.32 Å². The molecule has 4 nitrogen and oxygen atoms in total. The van der Waals surface area contributed by atoms with E-state index in [0.717, 1.165) is 32.2 Å². The summed E-state index contributed by atoms with van der Waals surface area (Å²) in [4.78, 5) is 16.4. The average Bonchev–Trinajstić information content (AvgIpc) is 3.19. The first-order chi connectivity index (χ1) is 13.1. The molecule has 1 rings (SSSR count). The number of nitrogens with one attached hydrogen (secondary N) is 1. The summed E-state index contributed by atoms with van der Waals surface area (Å²) < 4.78 is 0. The van der Waals surface area contributed by atoms with Crippen LogP contribution in [0.15, 0.2) is 17.1 Å². The molecule has 2 N–H and O–H groups in total. The highest BCUT2D eigenvalue weighted by Crippen LogP contribution is 2.19. The van der Waals surface area contributed by atoms with Crippen molar-refractivity contribution in [3.05, 3.63) is 12.2 Å². The zero-order valence-corrected chi connectivity index (χ0v) is 17.7. The first kappa shape index (κ1) is 23.9. The van der Waals surface area contributed by atoms with Crippen molar-refractivity contribution in [2.45, 2.75) is 103 Å². The van der Waals surface area contributed by atoms with Crippen LogP contribution >= 0.6 is 0 Å². The monoisotopic (exact) mass is 378 g/mol. The largest absolute Gasteiger partial charge is 0.393 e. The number of unbranched alkanes of at least 4 members (excludes halogenated alkanes) is 9. The zero-order valence-electron chi connectivity index (χ0n) is 17.7. The third-order valence-corrected chi connectivity index (χ3v) is 5.40. The van der Waals surface area contributed by atoms with Gasteiger partial charge in [-0.1, -0.05) is 64.0 Å². The molecule has 0 bridgehead atoms. The Hall–Kier alpha value is -1.16. The number of aliphatic hydroxyl groups excluding tert-OH is 1. The molecular weight excluding hydrogens is 336 g/mol. The first-order valence-corrected chi connectivity index (χ1v) is 11.3. The fourth-order valence-electron chi connectivity index (χ4n) is 3.56. The van der Waals surface area contributed by atoms with E-state index in [1.807, 2.05) is 0 Å². The van der Waals surface area contributed by atoms with Gasteiger partial charge in [-0.3, -0.25) is 9.79 Å². The zero-order chi connectivity index (χ0) is 19.7. The van der Waals surface area contributed by atoms with Crippen molar-refractivity contribution >= 4 is 11.6 Å². The Kier molecular flexibility index (Phi) is 14.0. The molecule has 0 aromatic carbocycles. The molecule has 0 aromatic rings. The molecule has 0 radical (unpaired) electrons. The Morgan fingerprint density at radius 1 is 1.07 bits per heavy atom. The smallest absolute Gasteiger partial charge is 0.197 e. The Morgan fingerprint density at radius 2 is 1.70 bits per heavy atom. The summed E-state index contributed by atoms with van der Waals surface area (Å²) >= 11 is 0. The number of allylic oxidation sites excluding steroid dienone is 2. The molecule has 1 aliphatic rings.